The van der Waals surface area contributed by atoms with Crippen molar-refractivity contribution in [2.24, 2.45) is 4.99 Å². The fourth-order valence-electron chi connectivity index (χ4n) is 1.50. The van der Waals surface area contributed by atoms with Crippen LogP contribution in [0, 0.1) is 0 Å². The van der Waals surface area contributed by atoms with Crippen LogP contribution in [0.25, 0.3) is 0 Å². The van der Waals surface area contributed by atoms with Gasteiger partial charge in [-0.1, -0.05) is 20.8 Å². The van der Waals surface area contributed by atoms with Crippen LogP contribution in [-0.2, 0) is 16.7 Å². The smallest absolute Gasteiger partial charge is 0.213 e. The Hall–Kier alpha value is -0.830. The molecule has 0 amide bonds. The summed E-state index contributed by atoms with van der Waals surface area (Å²) in [6.45, 7) is 10.9. The number of nitrogens with one attached hydrogen (secondary N) is 2. The Morgan fingerprint density at radius 2 is 2.10 bits per heavy atom. The van der Waals surface area contributed by atoms with E-state index in [0.29, 0.717) is 31.5 Å². The summed E-state index contributed by atoms with van der Waals surface area (Å²) in [5.74, 6) is 2.25. The minimum Gasteiger partial charge on any atom is -0.443 e. The van der Waals surface area contributed by atoms with E-state index >= 15 is 0 Å². The van der Waals surface area contributed by atoms with Gasteiger partial charge in [-0.25, -0.2) is 4.98 Å². The van der Waals surface area contributed by atoms with Crippen LogP contribution >= 0.6 is 24.0 Å². The molecule has 6 nitrogen and oxygen atoms in total. The highest BCUT2D eigenvalue weighted by atomic mass is 127. The number of oxazole rings is 1. The molecule has 0 fully saturated rings. The summed E-state index contributed by atoms with van der Waals surface area (Å²) < 4.78 is 11.0. The average molecular weight is 410 g/mol. The van der Waals surface area contributed by atoms with E-state index < -0.39 is 0 Å². The third-order valence-electron chi connectivity index (χ3n) is 2.67. The van der Waals surface area contributed by atoms with Gasteiger partial charge in [0.2, 0.25) is 5.89 Å². The lowest BCUT2D eigenvalue weighted by Gasteiger charge is -2.13. The zero-order valence-electron chi connectivity index (χ0n) is 13.5. The molecule has 1 rings (SSSR count). The zero-order chi connectivity index (χ0) is 15.0. The predicted molar refractivity (Wildman–Crippen MR) is 95.3 cm³/mol. The van der Waals surface area contributed by atoms with E-state index in [1.807, 2.05) is 6.92 Å². The highest BCUT2D eigenvalue weighted by molar-refractivity contribution is 14.0. The molecule has 0 saturated carbocycles. The SMILES string of the molecule is CCOCCNC(=NC)NCc1ncc(C(C)(C)C)o1.I. The molecule has 122 valence electrons. The molecule has 0 radical (unpaired) electrons. The van der Waals surface area contributed by atoms with Crippen molar-refractivity contribution >= 4 is 29.9 Å². The summed E-state index contributed by atoms with van der Waals surface area (Å²) in [6.07, 6.45) is 1.78. The molecule has 0 unspecified atom stereocenters. The Morgan fingerprint density at radius 3 is 2.62 bits per heavy atom. The van der Waals surface area contributed by atoms with Crippen molar-refractivity contribution in [2.75, 3.05) is 26.8 Å². The molecule has 0 bridgehead atoms. The number of aliphatic imine (C=N–C) groups is 1. The van der Waals surface area contributed by atoms with Crippen LogP contribution in [0.2, 0.25) is 0 Å². The van der Waals surface area contributed by atoms with E-state index in [9.17, 15) is 0 Å². The maximum atomic E-state index is 5.70. The summed E-state index contributed by atoms with van der Waals surface area (Å²) in [7, 11) is 1.73. The van der Waals surface area contributed by atoms with Crippen molar-refractivity contribution in [3.63, 3.8) is 0 Å². The molecule has 1 heterocycles. The van der Waals surface area contributed by atoms with Gasteiger partial charge in [0.1, 0.15) is 5.76 Å². The second-order valence-corrected chi connectivity index (χ2v) is 5.42. The standard InChI is InChI=1S/C14H26N4O2.HI/c1-6-19-8-7-16-13(15-5)18-10-12-17-9-11(20-12)14(2,3)4;/h9H,6-8,10H2,1-5H3,(H2,15,16,18);1H. The van der Waals surface area contributed by atoms with Crippen molar-refractivity contribution < 1.29 is 9.15 Å². The number of aromatic nitrogens is 1. The maximum Gasteiger partial charge on any atom is 0.213 e. The molecule has 2 N–H and O–H groups in total. The molecule has 0 aliphatic carbocycles. The van der Waals surface area contributed by atoms with Crippen LogP contribution in [0.3, 0.4) is 0 Å². The van der Waals surface area contributed by atoms with Gasteiger partial charge in [0, 0.05) is 25.6 Å². The van der Waals surface area contributed by atoms with Crippen molar-refractivity contribution in [2.45, 2.75) is 39.7 Å². The lowest BCUT2D eigenvalue weighted by atomic mass is 9.94. The molecule has 7 heteroatoms. The van der Waals surface area contributed by atoms with Gasteiger partial charge in [-0.3, -0.25) is 4.99 Å². The Morgan fingerprint density at radius 1 is 1.38 bits per heavy atom. The third kappa shape index (κ3) is 7.66. The summed E-state index contributed by atoms with van der Waals surface area (Å²) in [4.78, 5) is 8.39. The molecular weight excluding hydrogens is 383 g/mol. The molecule has 1 aromatic rings. The summed E-state index contributed by atoms with van der Waals surface area (Å²) in [5.41, 5.74) is -0.0251. The number of ether oxygens (including phenoxy) is 1. The first-order valence-electron chi connectivity index (χ1n) is 6.94. The Labute approximate surface area is 144 Å². The van der Waals surface area contributed by atoms with Crippen molar-refractivity contribution in [3.8, 4) is 0 Å². The molecule has 0 aliphatic heterocycles. The van der Waals surface area contributed by atoms with Gasteiger partial charge in [-0.05, 0) is 6.92 Å². The van der Waals surface area contributed by atoms with Crippen LogP contribution in [0.1, 0.15) is 39.3 Å². The van der Waals surface area contributed by atoms with E-state index in [4.69, 9.17) is 9.15 Å². The van der Waals surface area contributed by atoms with Crippen LogP contribution in [0.5, 0.6) is 0 Å². The lowest BCUT2D eigenvalue weighted by molar-refractivity contribution is 0.152. The lowest BCUT2D eigenvalue weighted by Crippen LogP contribution is -2.38. The van der Waals surface area contributed by atoms with Crippen LogP contribution in [0.15, 0.2) is 15.6 Å². The third-order valence-corrected chi connectivity index (χ3v) is 2.67. The van der Waals surface area contributed by atoms with Gasteiger partial charge in [0.05, 0.1) is 19.3 Å². The number of hydrogen-bond donors (Lipinski definition) is 2. The van der Waals surface area contributed by atoms with Gasteiger partial charge in [-0.2, -0.15) is 0 Å². The average Bonchev–Trinajstić information content (AvgIpc) is 2.87. The normalized spacial score (nSPS) is 12.0. The molecule has 0 atom stereocenters. The van der Waals surface area contributed by atoms with E-state index in [1.54, 1.807) is 13.2 Å². The molecule has 0 saturated heterocycles. The van der Waals surface area contributed by atoms with Gasteiger partial charge < -0.3 is 19.8 Å². The highest BCUT2D eigenvalue weighted by Crippen LogP contribution is 2.22. The minimum absolute atomic E-state index is 0. The monoisotopic (exact) mass is 410 g/mol. The van der Waals surface area contributed by atoms with Crippen LogP contribution < -0.4 is 10.6 Å². The number of hydrogen-bond acceptors (Lipinski definition) is 4. The maximum absolute atomic E-state index is 5.70. The number of nitrogens with zero attached hydrogens (tertiary/aromatic N) is 2. The molecular formula is C14H27IN4O2. The first-order chi connectivity index (χ1) is 9.47. The fraction of sp³-hybridized carbons (Fsp3) is 0.714. The second-order valence-electron chi connectivity index (χ2n) is 5.42. The highest BCUT2D eigenvalue weighted by Gasteiger charge is 2.19. The van der Waals surface area contributed by atoms with Crippen molar-refractivity contribution in [1.29, 1.82) is 0 Å². The summed E-state index contributed by atoms with van der Waals surface area (Å²) >= 11 is 0. The topological polar surface area (TPSA) is 71.7 Å². The second kappa shape index (κ2) is 9.99. The Kier molecular flexibility index (Phi) is 9.60. The Balaban J connectivity index is 0.00000400. The van der Waals surface area contributed by atoms with Gasteiger partial charge in [-0.15, -0.1) is 24.0 Å². The number of rotatable bonds is 6. The number of halogens is 1. The number of guanidine groups is 1. The minimum atomic E-state index is -0.0251. The van der Waals surface area contributed by atoms with Gasteiger partial charge in [0.15, 0.2) is 5.96 Å². The van der Waals surface area contributed by atoms with E-state index in [0.717, 1.165) is 12.4 Å². The van der Waals surface area contributed by atoms with Crippen LogP contribution in [-0.4, -0.2) is 37.7 Å². The largest absolute Gasteiger partial charge is 0.443 e. The molecule has 0 aliphatic rings. The van der Waals surface area contributed by atoms with Gasteiger partial charge in [0.25, 0.3) is 0 Å². The van der Waals surface area contributed by atoms with E-state index in [1.165, 1.54) is 0 Å². The van der Waals surface area contributed by atoms with E-state index in [2.05, 4.69) is 41.4 Å². The summed E-state index contributed by atoms with van der Waals surface area (Å²) in [5, 5.41) is 6.31. The summed E-state index contributed by atoms with van der Waals surface area (Å²) in [6, 6.07) is 0. The molecule has 0 spiro atoms. The van der Waals surface area contributed by atoms with Crippen LogP contribution in [0.4, 0.5) is 0 Å². The van der Waals surface area contributed by atoms with Crippen molar-refractivity contribution in [3.05, 3.63) is 17.8 Å². The fourth-order valence-corrected chi connectivity index (χ4v) is 1.50. The first kappa shape index (κ1) is 20.2. The quantitative estimate of drug-likeness (QED) is 0.326. The zero-order valence-corrected chi connectivity index (χ0v) is 15.9. The molecule has 1 aromatic heterocycles. The Bertz CT molecular complexity index is 427. The van der Waals surface area contributed by atoms with Gasteiger partial charge >= 0.3 is 0 Å². The predicted octanol–water partition coefficient (Wildman–Crippen LogP) is 2.29. The van der Waals surface area contributed by atoms with E-state index in [-0.39, 0.29) is 29.4 Å². The first-order valence-corrected chi connectivity index (χ1v) is 6.94. The molecule has 0 aromatic carbocycles. The van der Waals surface area contributed by atoms with Crippen molar-refractivity contribution in [1.82, 2.24) is 15.6 Å². The molecule has 21 heavy (non-hydrogen) atoms.